The molecule has 0 radical (unpaired) electrons. The van der Waals surface area contributed by atoms with Crippen LogP contribution in [0.5, 0.6) is 0 Å². The van der Waals surface area contributed by atoms with E-state index in [4.69, 9.17) is 4.99 Å². The van der Waals surface area contributed by atoms with Crippen molar-refractivity contribution < 1.29 is 14.2 Å². The lowest BCUT2D eigenvalue weighted by Crippen LogP contribution is -2.63. The second-order valence-electron chi connectivity index (χ2n) is 7.93. The minimum absolute atomic E-state index is 0.207. The Morgan fingerprint density at radius 2 is 1.89 bits per heavy atom. The van der Waals surface area contributed by atoms with Crippen LogP contribution in [0.15, 0.2) is 29.3 Å². The fourth-order valence-corrected chi connectivity index (χ4v) is 4.22. The Labute approximate surface area is 164 Å². The van der Waals surface area contributed by atoms with Crippen LogP contribution in [-0.2, 0) is 11.3 Å². The van der Waals surface area contributed by atoms with Gasteiger partial charge >= 0.3 is 12.0 Å². The van der Waals surface area contributed by atoms with Crippen molar-refractivity contribution in [1.29, 1.82) is 0 Å². The first-order valence-corrected chi connectivity index (χ1v) is 9.58. The van der Waals surface area contributed by atoms with Gasteiger partial charge in [-0.2, -0.15) is 0 Å². The molecule has 1 aromatic heterocycles. The Bertz CT molecular complexity index is 1030. The predicted octanol–water partition coefficient (Wildman–Crippen LogP) is 2.96. The summed E-state index contributed by atoms with van der Waals surface area (Å²) in [5, 5.41) is 0. The first kappa shape index (κ1) is 18.4. The Balaban J connectivity index is 1.79. The molecule has 1 aromatic carbocycles. The largest absolute Gasteiger partial charge is 0.402 e. The molecule has 1 unspecified atom stereocenters. The van der Waals surface area contributed by atoms with Crippen LogP contribution in [0, 0.1) is 20.8 Å². The molecule has 2 aliphatic rings. The smallest absolute Gasteiger partial charge is 0.270 e. The highest BCUT2D eigenvalue weighted by molar-refractivity contribution is 6.19. The second-order valence-corrected chi connectivity index (χ2v) is 7.93. The normalized spacial score (nSPS) is 18.7. The van der Waals surface area contributed by atoms with Crippen LogP contribution in [0.3, 0.4) is 0 Å². The van der Waals surface area contributed by atoms with E-state index >= 15 is 0 Å². The minimum atomic E-state index is -0.596. The number of hydrogen-bond donors (Lipinski definition) is 0. The Morgan fingerprint density at radius 1 is 1.18 bits per heavy atom. The number of urea groups is 1. The van der Waals surface area contributed by atoms with Gasteiger partial charge in [-0.3, -0.25) is 14.6 Å². The number of fused-ring (bicyclic) bond motifs is 3. The first-order chi connectivity index (χ1) is 13.2. The third-order valence-electron chi connectivity index (χ3n) is 5.70. The van der Waals surface area contributed by atoms with Gasteiger partial charge in [-0.1, -0.05) is 34.8 Å². The molecule has 3 amide bonds. The molecule has 7 nitrogen and oxygen atoms in total. The SMILES string of the molecule is Cc1cccc(CN2C(=O)C3C(=Nc4n(C(C)C)c(C)c(C)[n+]43)N(C)C2=O)c1. The molecule has 1 saturated heterocycles. The lowest BCUT2D eigenvalue weighted by molar-refractivity contribution is -0.683. The molecule has 1 fully saturated rings. The average Bonchev–Trinajstić information content (AvgIpc) is 3.13. The summed E-state index contributed by atoms with van der Waals surface area (Å²) in [5.74, 6) is 1.01. The monoisotopic (exact) mass is 380 g/mol. The van der Waals surface area contributed by atoms with Crippen molar-refractivity contribution in [2.45, 2.75) is 53.2 Å². The number of hydrogen-bond acceptors (Lipinski definition) is 3. The van der Waals surface area contributed by atoms with Crippen molar-refractivity contribution >= 4 is 23.7 Å². The molecule has 2 aromatic rings. The van der Waals surface area contributed by atoms with Gasteiger partial charge in [0.1, 0.15) is 11.4 Å². The van der Waals surface area contributed by atoms with Crippen molar-refractivity contribution in [1.82, 2.24) is 14.4 Å². The number of aryl methyl sites for hydroxylation is 1. The average molecular weight is 380 g/mol. The van der Waals surface area contributed by atoms with Crippen molar-refractivity contribution in [2.24, 2.45) is 4.99 Å². The second kappa shape index (κ2) is 6.29. The molecule has 28 heavy (non-hydrogen) atoms. The topological polar surface area (TPSA) is 61.8 Å². The summed E-state index contributed by atoms with van der Waals surface area (Å²) in [6, 6.07) is 7.16. The van der Waals surface area contributed by atoms with Gasteiger partial charge in [-0.15, -0.1) is 0 Å². The molecule has 0 saturated carbocycles. The number of likely N-dealkylation sites (N-methyl/N-ethyl adjacent to an activating group) is 1. The maximum absolute atomic E-state index is 13.4. The predicted molar refractivity (Wildman–Crippen MR) is 106 cm³/mol. The summed E-state index contributed by atoms with van der Waals surface area (Å²) in [6.07, 6.45) is 0. The van der Waals surface area contributed by atoms with Gasteiger partial charge in [0, 0.05) is 7.05 Å². The van der Waals surface area contributed by atoms with Gasteiger partial charge in [0.05, 0.1) is 12.6 Å². The number of aliphatic imine (C=N–C) groups is 1. The van der Waals surface area contributed by atoms with Crippen molar-refractivity contribution in [3.63, 3.8) is 0 Å². The van der Waals surface area contributed by atoms with Gasteiger partial charge in [0.25, 0.3) is 5.91 Å². The van der Waals surface area contributed by atoms with Crippen LogP contribution in [0.25, 0.3) is 0 Å². The number of benzene rings is 1. The number of carbonyl (C=O) groups excluding carboxylic acids is 2. The highest BCUT2D eigenvalue weighted by atomic mass is 16.2. The molecular formula is C21H26N5O2+. The minimum Gasteiger partial charge on any atom is -0.270 e. The summed E-state index contributed by atoms with van der Waals surface area (Å²) < 4.78 is 4.09. The molecule has 146 valence electrons. The highest BCUT2D eigenvalue weighted by Gasteiger charge is 2.54. The van der Waals surface area contributed by atoms with Crippen LogP contribution in [0.4, 0.5) is 10.7 Å². The number of amides is 3. The molecule has 2 aliphatic heterocycles. The molecule has 0 N–H and O–H groups in total. The third kappa shape index (κ3) is 2.49. The standard InChI is InChI=1S/C21H26N5O2/c1-12(2)25-14(4)15(5)26-17-18(22-20(25)26)23(6)21(28)24(19(17)27)11-16-9-7-8-13(3)10-16/h7-10,12,17H,11H2,1-6H3/q+1. The van der Waals surface area contributed by atoms with Crippen molar-refractivity contribution in [2.75, 3.05) is 7.05 Å². The van der Waals surface area contributed by atoms with Gasteiger partial charge < -0.3 is 0 Å². The van der Waals surface area contributed by atoms with E-state index in [-0.39, 0.29) is 24.5 Å². The van der Waals surface area contributed by atoms with Gasteiger partial charge in [-0.05, 0) is 40.2 Å². The van der Waals surface area contributed by atoms with Crippen LogP contribution < -0.4 is 4.57 Å². The van der Waals surface area contributed by atoms with E-state index in [0.29, 0.717) is 5.84 Å². The lowest BCUT2D eigenvalue weighted by Gasteiger charge is -2.33. The van der Waals surface area contributed by atoms with E-state index in [1.165, 1.54) is 9.80 Å². The lowest BCUT2D eigenvalue weighted by atomic mass is 10.1. The fraction of sp³-hybridized carbons (Fsp3) is 0.429. The number of amidine groups is 1. The maximum atomic E-state index is 13.4. The van der Waals surface area contributed by atoms with E-state index in [0.717, 1.165) is 28.5 Å². The fourth-order valence-electron chi connectivity index (χ4n) is 4.22. The summed E-state index contributed by atoms with van der Waals surface area (Å²) in [5.41, 5.74) is 4.12. The highest BCUT2D eigenvalue weighted by Crippen LogP contribution is 2.33. The quantitative estimate of drug-likeness (QED) is 0.769. The van der Waals surface area contributed by atoms with E-state index in [2.05, 4.69) is 18.4 Å². The summed E-state index contributed by atoms with van der Waals surface area (Å²) >= 11 is 0. The third-order valence-corrected chi connectivity index (χ3v) is 5.70. The van der Waals surface area contributed by atoms with Gasteiger partial charge in [-0.25, -0.2) is 13.9 Å². The number of nitrogens with zero attached hydrogens (tertiary/aromatic N) is 5. The van der Waals surface area contributed by atoms with Crippen molar-refractivity contribution in [3.8, 4) is 0 Å². The number of imide groups is 1. The summed E-state index contributed by atoms with van der Waals surface area (Å²) in [4.78, 5) is 33.9. The first-order valence-electron chi connectivity index (χ1n) is 9.58. The molecule has 0 aliphatic carbocycles. The zero-order valence-corrected chi connectivity index (χ0v) is 17.2. The number of carbonyl (C=O) groups is 2. The van der Waals surface area contributed by atoms with Crippen LogP contribution in [0.1, 0.15) is 48.4 Å². The maximum Gasteiger partial charge on any atom is 0.402 e. The molecular weight excluding hydrogens is 354 g/mol. The number of aromatic nitrogens is 2. The molecule has 4 rings (SSSR count). The summed E-state index contributed by atoms with van der Waals surface area (Å²) in [6.45, 7) is 10.5. The van der Waals surface area contributed by atoms with Crippen LogP contribution >= 0.6 is 0 Å². The summed E-state index contributed by atoms with van der Waals surface area (Å²) in [7, 11) is 1.69. The van der Waals surface area contributed by atoms with Gasteiger partial charge in [0.2, 0.25) is 11.9 Å². The molecule has 1 atom stereocenters. The number of rotatable bonds is 3. The van der Waals surface area contributed by atoms with Crippen LogP contribution in [0.2, 0.25) is 0 Å². The zero-order valence-electron chi connectivity index (χ0n) is 17.2. The molecule has 0 bridgehead atoms. The van der Waals surface area contributed by atoms with E-state index in [9.17, 15) is 9.59 Å². The molecule has 7 heteroatoms. The van der Waals surface area contributed by atoms with E-state index in [1.54, 1.807) is 7.05 Å². The van der Waals surface area contributed by atoms with Crippen LogP contribution in [-0.4, -0.2) is 39.2 Å². The van der Waals surface area contributed by atoms with E-state index < -0.39 is 6.04 Å². The Hall–Kier alpha value is -2.96. The van der Waals surface area contributed by atoms with Gasteiger partial charge in [0.15, 0.2) is 0 Å². The Kier molecular flexibility index (Phi) is 4.14. The van der Waals surface area contributed by atoms with Crippen molar-refractivity contribution in [3.05, 3.63) is 46.8 Å². The molecule has 0 spiro atoms. The number of imidazole rings is 1. The molecule has 3 heterocycles. The Morgan fingerprint density at radius 3 is 2.54 bits per heavy atom. The zero-order chi connectivity index (χ0) is 20.3. The van der Waals surface area contributed by atoms with E-state index in [1.807, 2.05) is 49.6 Å².